The maximum absolute atomic E-state index is 15.0. The number of ether oxygens (including phenoxy) is 2. The van der Waals surface area contributed by atoms with Crippen LogP contribution in [-0.2, 0) is 4.74 Å². The molecule has 0 amide bonds. The van der Waals surface area contributed by atoms with Gasteiger partial charge < -0.3 is 19.3 Å². The Morgan fingerprint density at radius 1 is 1.30 bits per heavy atom. The van der Waals surface area contributed by atoms with E-state index in [2.05, 4.69) is 29.7 Å². The Bertz CT molecular complexity index is 1030. The fourth-order valence-electron chi connectivity index (χ4n) is 5.25. The van der Waals surface area contributed by atoms with Gasteiger partial charge in [0.25, 0.3) is 0 Å². The van der Waals surface area contributed by atoms with E-state index in [1.807, 2.05) is 14.1 Å². The van der Waals surface area contributed by atoms with Crippen LogP contribution in [-0.4, -0.2) is 103 Å². The fourth-order valence-corrected chi connectivity index (χ4v) is 5.39. The van der Waals surface area contributed by atoms with Crippen LogP contribution >= 0.6 is 11.6 Å². The maximum Gasteiger partial charge on any atom is 0.319 e. The van der Waals surface area contributed by atoms with Crippen LogP contribution in [0, 0.1) is 5.82 Å². The smallest absolute Gasteiger partial charge is 0.319 e. The van der Waals surface area contributed by atoms with Crippen molar-refractivity contribution in [2.24, 2.45) is 0 Å². The van der Waals surface area contributed by atoms with Crippen molar-refractivity contribution in [2.45, 2.75) is 37.0 Å². The summed E-state index contributed by atoms with van der Waals surface area (Å²) in [7, 11) is 4.00. The zero-order valence-electron chi connectivity index (χ0n) is 18.9. The van der Waals surface area contributed by atoms with Crippen molar-refractivity contribution in [2.75, 3.05) is 65.0 Å². The molecule has 1 unspecified atom stereocenters. The van der Waals surface area contributed by atoms with Crippen LogP contribution in [0.3, 0.4) is 0 Å². The predicted octanol–water partition coefficient (Wildman–Crippen LogP) is 2.54. The van der Waals surface area contributed by atoms with Gasteiger partial charge in [0, 0.05) is 32.3 Å². The molecule has 3 fully saturated rings. The molecule has 2 aromatic rings. The minimum Gasteiger partial charge on any atom is -0.461 e. The summed E-state index contributed by atoms with van der Waals surface area (Å²) in [6.07, 6.45) is 2.95. The van der Waals surface area contributed by atoms with Gasteiger partial charge in [0.05, 0.1) is 30.2 Å². The van der Waals surface area contributed by atoms with Crippen LogP contribution in [0.1, 0.15) is 19.3 Å². The lowest BCUT2D eigenvalue weighted by atomic mass is 9.95. The third kappa shape index (κ3) is 4.34. The number of anilines is 1. The van der Waals surface area contributed by atoms with E-state index >= 15 is 0 Å². The standard InChI is InChI=1S/C22H29ClF2N6O2/c1-29(2)15-11-30(6-7-32-12-15)20-16-9-26-19(23)17(25)18(16)27-21(28-20)33-13-22-4-3-5-31(22)10-14(24)8-22/h9,14-15H,3-8,10-13H2,1-2H3/t14-,15?,22+/m1/s1. The van der Waals surface area contributed by atoms with Gasteiger partial charge in [-0.15, -0.1) is 0 Å². The number of likely N-dealkylation sites (N-methyl/N-ethyl adjacent to an activating group) is 1. The largest absolute Gasteiger partial charge is 0.461 e. The molecule has 0 saturated carbocycles. The zero-order chi connectivity index (χ0) is 23.2. The highest BCUT2D eigenvalue weighted by Crippen LogP contribution is 2.40. The summed E-state index contributed by atoms with van der Waals surface area (Å²) in [4.78, 5) is 19.3. The van der Waals surface area contributed by atoms with Crippen molar-refractivity contribution in [1.29, 1.82) is 0 Å². The highest BCUT2D eigenvalue weighted by atomic mass is 35.5. The summed E-state index contributed by atoms with van der Waals surface area (Å²) >= 11 is 5.96. The number of rotatable bonds is 5. The Hall–Kier alpha value is -1.88. The highest BCUT2D eigenvalue weighted by molar-refractivity contribution is 6.30. The summed E-state index contributed by atoms with van der Waals surface area (Å²) < 4.78 is 40.9. The molecular weight excluding hydrogens is 454 g/mol. The second-order valence-electron chi connectivity index (χ2n) is 9.46. The van der Waals surface area contributed by atoms with Crippen LogP contribution in [0.15, 0.2) is 6.20 Å². The molecule has 0 spiro atoms. The molecule has 0 aliphatic carbocycles. The van der Waals surface area contributed by atoms with Gasteiger partial charge in [-0.1, -0.05) is 11.6 Å². The van der Waals surface area contributed by atoms with Gasteiger partial charge in [0.15, 0.2) is 11.0 Å². The molecule has 0 aromatic carbocycles. The van der Waals surface area contributed by atoms with Gasteiger partial charge in [-0.25, -0.2) is 13.8 Å². The van der Waals surface area contributed by atoms with Crippen LogP contribution in [0.5, 0.6) is 6.01 Å². The lowest BCUT2D eigenvalue weighted by Gasteiger charge is -2.31. The quantitative estimate of drug-likeness (QED) is 0.602. The summed E-state index contributed by atoms with van der Waals surface area (Å²) in [5.74, 6) is -0.172. The zero-order valence-corrected chi connectivity index (χ0v) is 19.7. The summed E-state index contributed by atoms with van der Waals surface area (Å²) in [6.45, 7) is 3.90. The molecule has 8 nitrogen and oxygen atoms in total. The number of alkyl halides is 1. The first-order valence-corrected chi connectivity index (χ1v) is 11.8. The minimum atomic E-state index is -0.857. The van der Waals surface area contributed by atoms with Crippen molar-refractivity contribution in [3.8, 4) is 6.01 Å². The van der Waals surface area contributed by atoms with Crippen LogP contribution in [0.4, 0.5) is 14.6 Å². The summed E-state index contributed by atoms with van der Waals surface area (Å²) in [6, 6.07) is 0.201. The third-order valence-electron chi connectivity index (χ3n) is 7.11. The third-order valence-corrected chi connectivity index (χ3v) is 7.37. The number of aromatic nitrogens is 3. The molecule has 3 aliphatic rings. The lowest BCUT2D eigenvalue weighted by molar-refractivity contribution is 0.103. The van der Waals surface area contributed by atoms with E-state index in [0.29, 0.717) is 50.5 Å². The van der Waals surface area contributed by atoms with Crippen molar-refractivity contribution in [3.63, 3.8) is 0 Å². The topological polar surface area (TPSA) is 66.8 Å². The van der Waals surface area contributed by atoms with Gasteiger partial charge >= 0.3 is 6.01 Å². The molecular formula is C22H29ClF2N6O2. The number of halogens is 3. The molecule has 11 heteroatoms. The first-order chi connectivity index (χ1) is 15.9. The van der Waals surface area contributed by atoms with Gasteiger partial charge in [-0.2, -0.15) is 9.97 Å². The van der Waals surface area contributed by atoms with E-state index in [9.17, 15) is 8.78 Å². The second-order valence-corrected chi connectivity index (χ2v) is 9.82. The van der Waals surface area contributed by atoms with E-state index in [1.54, 1.807) is 0 Å². The SMILES string of the molecule is CN(C)C1COCCN(c2nc(OC[C@@]34CCCN3C[C@H](F)C4)nc3c(F)c(Cl)ncc23)C1. The highest BCUT2D eigenvalue weighted by Gasteiger charge is 2.49. The molecule has 2 aromatic heterocycles. The minimum absolute atomic E-state index is 0.0637. The molecule has 3 aliphatic heterocycles. The van der Waals surface area contributed by atoms with Crippen molar-refractivity contribution in [1.82, 2.24) is 24.8 Å². The summed E-state index contributed by atoms with van der Waals surface area (Å²) in [5.41, 5.74) is -0.282. The number of nitrogens with zero attached hydrogens (tertiary/aromatic N) is 6. The van der Waals surface area contributed by atoms with Gasteiger partial charge in [0.2, 0.25) is 0 Å². The average Bonchev–Trinajstić information content (AvgIpc) is 3.18. The Morgan fingerprint density at radius 2 is 2.15 bits per heavy atom. The number of hydrogen-bond acceptors (Lipinski definition) is 8. The van der Waals surface area contributed by atoms with Crippen molar-refractivity contribution >= 4 is 28.3 Å². The van der Waals surface area contributed by atoms with Crippen LogP contribution in [0.25, 0.3) is 10.9 Å². The maximum atomic E-state index is 15.0. The van der Waals surface area contributed by atoms with E-state index in [-0.39, 0.29) is 34.9 Å². The van der Waals surface area contributed by atoms with E-state index in [0.717, 1.165) is 19.4 Å². The number of pyridine rings is 1. The monoisotopic (exact) mass is 482 g/mol. The Morgan fingerprint density at radius 3 is 2.97 bits per heavy atom. The summed E-state index contributed by atoms with van der Waals surface area (Å²) in [5, 5.41) is 0.217. The van der Waals surface area contributed by atoms with Crippen molar-refractivity contribution < 1.29 is 18.3 Å². The molecule has 5 heterocycles. The van der Waals surface area contributed by atoms with Crippen LogP contribution < -0.4 is 9.64 Å². The molecule has 3 saturated heterocycles. The Labute approximate surface area is 196 Å². The van der Waals surface area contributed by atoms with Gasteiger partial charge in [0.1, 0.15) is 24.1 Å². The lowest BCUT2D eigenvalue weighted by Crippen LogP contribution is -2.43. The van der Waals surface area contributed by atoms with E-state index < -0.39 is 12.0 Å². The molecule has 5 rings (SSSR count). The average molecular weight is 483 g/mol. The van der Waals surface area contributed by atoms with Gasteiger partial charge in [-0.05, 0) is 33.5 Å². The number of hydrogen-bond donors (Lipinski definition) is 0. The molecule has 0 radical (unpaired) electrons. The second kappa shape index (κ2) is 9.05. The Kier molecular flexibility index (Phi) is 6.28. The van der Waals surface area contributed by atoms with Gasteiger partial charge in [-0.3, -0.25) is 4.90 Å². The Balaban J connectivity index is 1.50. The molecule has 0 N–H and O–H groups in total. The van der Waals surface area contributed by atoms with Crippen LogP contribution in [0.2, 0.25) is 5.15 Å². The normalized spacial score (nSPS) is 28.5. The van der Waals surface area contributed by atoms with Crippen molar-refractivity contribution in [3.05, 3.63) is 17.2 Å². The number of fused-ring (bicyclic) bond motifs is 2. The molecule has 33 heavy (non-hydrogen) atoms. The van der Waals surface area contributed by atoms with E-state index in [4.69, 9.17) is 21.1 Å². The first-order valence-electron chi connectivity index (χ1n) is 11.4. The fraction of sp³-hybridized carbons (Fsp3) is 0.682. The molecule has 180 valence electrons. The predicted molar refractivity (Wildman–Crippen MR) is 121 cm³/mol. The molecule has 0 bridgehead atoms. The molecule has 3 atom stereocenters. The first kappa shape index (κ1) is 22.9. The van der Waals surface area contributed by atoms with E-state index in [1.165, 1.54) is 6.20 Å².